The number of benzene rings is 1. The molecule has 0 saturated carbocycles. The molecule has 0 radical (unpaired) electrons. The van der Waals surface area contributed by atoms with Gasteiger partial charge in [-0.05, 0) is 43.1 Å². The summed E-state index contributed by atoms with van der Waals surface area (Å²) in [5, 5.41) is 3.56. The number of ether oxygens (including phenoxy) is 1. The Morgan fingerprint density at radius 1 is 1.05 bits per heavy atom. The fourth-order valence-corrected chi connectivity index (χ4v) is 2.25. The van der Waals surface area contributed by atoms with Crippen molar-refractivity contribution >= 4 is 0 Å². The molecular weight excluding hydrogens is 262 g/mol. The number of rotatable bonds is 9. The molecule has 1 unspecified atom stereocenters. The number of hydrogen-bond acceptors (Lipinski definition) is 3. The maximum absolute atomic E-state index is 5.71. The molecule has 0 amide bonds. The van der Waals surface area contributed by atoms with Gasteiger partial charge in [-0.25, -0.2) is 0 Å². The fourth-order valence-electron chi connectivity index (χ4n) is 2.25. The van der Waals surface area contributed by atoms with E-state index < -0.39 is 0 Å². The van der Waals surface area contributed by atoms with Crippen LogP contribution in [0.2, 0.25) is 0 Å². The first-order valence-electron chi connectivity index (χ1n) is 7.83. The van der Waals surface area contributed by atoms with E-state index in [9.17, 15) is 0 Å². The van der Waals surface area contributed by atoms with Crippen molar-refractivity contribution in [2.75, 3.05) is 13.2 Å². The Bertz CT molecular complexity index is 490. The van der Waals surface area contributed by atoms with Crippen molar-refractivity contribution in [2.45, 2.75) is 39.2 Å². The van der Waals surface area contributed by atoms with Gasteiger partial charge in [0.15, 0.2) is 0 Å². The highest BCUT2D eigenvalue weighted by atomic mass is 16.5. The molecule has 0 spiro atoms. The minimum Gasteiger partial charge on any atom is -0.494 e. The van der Waals surface area contributed by atoms with Crippen molar-refractivity contribution in [1.82, 2.24) is 5.32 Å². The lowest BCUT2D eigenvalue weighted by Gasteiger charge is -2.18. The molecular formula is C18H25NO2. The fraction of sp³-hybridized carbons (Fsp3) is 0.444. The van der Waals surface area contributed by atoms with Crippen LogP contribution in [0.1, 0.15) is 50.3 Å². The SMILES string of the molecule is CCCCOc1ccc(C(NCCC)c2ccoc2)cc1. The number of unbranched alkanes of at least 4 members (excludes halogenated alkanes) is 1. The zero-order chi connectivity index (χ0) is 14.9. The van der Waals surface area contributed by atoms with E-state index in [1.807, 2.05) is 18.2 Å². The third-order valence-electron chi connectivity index (χ3n) is 3.46. The normalized spacial score (nSPS) is 12.3. The van der Waals surface area contributed by atoms with Crippen LogP contribution in [-0.4, -0.2) is 13.2 Å². The first kappa shape index (κ1) is 15.6. The number of furan rings is 1. The first-order chi connectivity index (χ1) is 10.3. The van der Waals surface area contributed by atoms with Crippen LogP contribution in [0.5, 0.6) is 5.75 Å². The topological polar surface area (TPSA) is 34.4 Å². The molecule has 0 fully saturated rings. The summed E-state index contributed by atoms with van der Waals surface area (Å²) in [6, 6.07) is 10.5. The first-order valence-corrected chi connectivity index (χ1v) is 7.83. The summed E-state index contributed by atoms with van der Waals surface area (Å²) in [4.78, 5) is 0. The van der Waals surface area contributed by atoms with Crippen molar-refractivity contribution in [1.29, 1.82) is 0 Å². The zero-order valence-electron chi connectivity index (χ0n) is 13.0. The molecule has 1 aromatic carbocycles. The minimum absolute atomic E-state index is 0.174. The summed E-state index contributed by atoms with van der Waals surface area (Å²) < 4.78 is 10.9. The van der Waals surface area contributed by atoms with Gasteiger partial charge in [-0.3, -0.25) is 0 Å². The van der Waals surface area contributed by atoms with Gasteiger partial charge >= 0.3 is 0 Å². The van der Waals surface area contributed by atoms with Crippen LogP contribution in [0.15, 0.2) is 47.3 Å². The Kier molecular flexibility index (Phi) is 6.35. The van der Waals surface area contributed by atoms with E-state index in [4.69, 9.17) is 9.15 Å². The Morgan fingerprint density at radius 3 is 2.48 bits per heavy atom. The molecule has 0 aliphatic heterocycles. The van der Waals surface area contributed by atoms with Gasteiger partial charge in [0, 0.05) is 5.56 Å². The van der Waals surface area contributed by atoms with E-state index in [1.54, 1.807) is 12.5 Å². The molecule has 21 heavy (non-hydrogen) atoms. The summed E-state index contributed by atoms with van der Waals surface area (Å²) >= 11 is 0. The summed E-state index contributed by atoms with van der Waals surface area (Å²) in [7, 11) is 0. The van der Waals surface area contributed by atoms with Crippen molar-refractivity contribution in [3.63, 3.8) is 0 Å². The van der Waals surface area contributed by atoms with E-state index in [0.717, 1.165) is 43.7 Å². The molecule has 0 aliphatic carbocycles. The smallest absolute Gasteiger partial charge is 0.119 e. The standard InChI is InChI=1S/C18H25NO2/c1-3-5-12-21-17-8-6-15(7-9-17)18(19-11-4-2)16-10-13-20-14-16/h6-10,13-14,18-19H,3-5,11-12H2,1-2H3. The predicted molar refractivity (Wildman–Crippen MR) is 85.7 cm³/mol. The van der Waals surface area contributed by atoms with E-state index in [-0.39, 0.29) is 6.04 Å². The lowest BCUT2D eigenvalue weighted by molar-refractivity contribution is 0.309. The van der Waals surface area contributed by atoms with Crippen LogP contribution in [-0.2, 0) is 0 Å². The maximum atomic E-state index is 5.71. The van der Waals surface area contributed by atoms with E-state index in [1.165, 1.54) is 5.56 Å². The third kappa shape index (κ3) is 4.64. The predicted octanol–water partition coefficient (Wildman–Crippen LogP) is 4.55. The Hall–Kier alpha value is -1.74. The molecule has 114 valence electrons. The summed E-state index contributed by atoms with van der Waals surface area (Å²) in [5.41, 5.74) is 2.38. The van der Waals surface area contributed by atoms with Gasteiger partial charge in [0.05, 0.1) is 25.2 Å². The van der Waals surface area contributed by atoms with Crippen LogP contribution in [0.25, 0.3) is 0 Å². The van der Waals surface area contributed by atoms with Gasteiger partial charge in [0.2, 0.25) is 0 Å². The van der Waals surface area contributed by atoms with Gasteiger partial charge in [0.1, 0.15) is 5.75 Å². The number of hydrogen-bond donors (Lipinski definition) is 1. The second-order valence-corrected chi connectivity index (χ2v) is 5.21. The average molecular weight is 287 g/mol. The summed E-state index contributed by atoms with van der Waals surface area (Å²) in [5.74, 6) is 0.939. The van der Waals surface area contributed by atoms with Crippen molar-refractivity contribution < 1.29 is 9.15 Å². The molecule has 0 aliphatic rings. The third-order valence-corrected chi connectivity index (χ3v) is 3.46. The zero-order valence-corrected chi connectivity index (χ0v) is 13.0. The molecule has 3 nitrogen and oxygen atoms in total. The molecule has 1 atom stereocenters. The largest absolute Gasteiger partial charge is 0.494 e. The highest BCUT2D eigenvalue weighted by Gasteiger charge is 2.14. The van der Waals surface area contributed by atoms with E-state index in [0.29, 0.717) is 0 Å². The lowest BCUT2D eigenvalue weighted by atomic mass is 10.0. The van der Waals surface area contributed by atoms with Crippen LogP contribution in [0.3, 0.4) is 0 Å². The van der Waals surface area contributed by atoms with E-state index in [2.05, 4.69) is 31.3 Å². The highest BCUT2D eigenvalue weighted by Crippen LogP contribution is 2.24. The van der Waals surface area contributed by atoms with Crippen molar-refractivity contribution in [2.24, 2.45) is 0 Å². The van der Waals surface area contributed by atoms with E-state index >= 15 is 0 Å². The van der Waals surface area contributed by atoms with Gasteiger partial charge in [-0.2, -0.15) is 0 Å². The molecule has 1 N–H and O–H groups in total. The molecule has 2 rings (SSSR count). The minimum atomic E-state index is 0.174. The van der Waals surface area contributed by atoms with Gasteiger partial charge < -0.3 is 14.5 Å². The number of nitrogens with one attached hydrogen (secondary N) is 1. The maximum Gasteiger partial charge on any atom is 0.119 e. The quantitative estimate of drug-likeness (QED) is 0.687. The Morgan fingerprint density at radius 2 is 1.86 bits per heavy atom. The van der Waals surface area contributed by atoms with Gasteiger partial charge in [-0.15, -0.1) is 0 Å². The molecule has 3 heteroatoms. The van der Waals surface area contributed by atoms with Crippen LogP contribution in [0.4, 0.5) is 0 Å². The van der Waals surface area contributed by atoms with Crippen LogP contribution in [0, 0.1) is 0 Å². The van der Waals surface area contributed by atoms with Crippen LogP contribution >= 0.6 is 0 Å². The average Bonchev–Trinajstić information content (AvgIpc) is 3.03. The molecule has 0 bridgehead atoms. The monoisotopic (exact) mass is 287 g/mol. The second kappa shape index (κ2) is 8.53. The van der Waals surface area contributed by atoms with Gasteiger partial charge in [-0.1, -0.05) is 32.4 Å². The highest BCUT2D eigenvalue weighted by molar-refractivity contribution is 5.34. The lowest BCUT2D eigenvalue weighted by Crippen LogP contribution is -2.22. The van der Waals surface area contributed by atoms with Gasteiger partial charge in [0.25, 0.3) is 0 Å². The summed E-state index contributed by atoms with van der Waals surface area (Å²) in [6.45, 7) is 6.10. The molecule has 1 heterocycles. The second-order valence-electron chi connectivity index (χ2n) is 5.21. The Balaban J connectivity index is 2.06. The molecule has 0 saturated heterocycles. The van der Waals surface area contributed by atoms with Crippen molar-refractivity contribution in [3.8, 4) is 5.75 Å². The Labute approximate surface area is 127 Å². The van der Waals surface area contributed by atoms with Crippen molar-refractivity contribution in [3.05, 3.63) is 54.0 Å². The summed E-state index contributed by atoms with van der Waals surface area (Å²) in [6.07, 6.45) is 6.88. The molecule has 1 aromatic heterocycles. The van der Waals surface area contributed by atoms with Crippen LogP contribution < -0.4 is 10.1 Å². The molecule has 2 aromatic rings.